The molecule has 0 unspecified atom stereocenters. The summed E-state index contributed by atoms with van der Waals surface area (Å²) in [6.07, 6.45) is 2.04. The van der Waals surface area contributed by atoms with Crippen molar-refractivity contribution in [1.29, 1.82) is 0 Å². The van der Waals surface area contributed by atoms with E-state index in [1.165, 1.54) is 27.8 Å². The van der Waals surface area contributed by atoms with E-state index in [0.717, 1.165) is 89.3 Å². The van der Waals surface area contributed by atoms with E-state index in [9.17, 15) is 0 Å². The van der Waals surface area contributed by atoms with Gasteiger partial charge in [-0.25, -0.2) is 4.98 Å². The largest absolute Gasteiger partial charge is 0.509 e. The van der Waals surface area contributed by atoms with E-state index < -0.39 is 0 Å². The molecule has 12 rings (SSSR count). The Morgan fingerprint density at radius 2 is 0.988 bits per heavy atom. The molecule has 0 saturated heterocycles. The molecule has 0 bridgehead atoms. The standard InChI is InChI=1S/C76H71N4O.Pt/c1-73(2,3)55-35-33-52(34-36-55)61-29-22-30-62(54-28-21-27-53(41-54)50-23-15-13-16-24-50)72(61)79-49-78(68-31-19-20-32-69(68)79)58-42-57(75(7,8)9)43-60(45-58)81-59-38-39-63-64-44-56(74(4,5)6)37-40-67(64)80(70(63)46-59)71-47-66(76(10,11)12)65(48-77-71)51-25-17-14-18-26-51;/h13-44,47-49H,1-12H3;/q-3;. The fourth-order valence-corrected chi connectivity index (χ4v) is 11.4. The zero-order chi connectivity index (χ0) is 56.6. The Labute approximate surface area is 500 Å². The van der Waals surface area contributed by atoms with Crippen LogP contribution in [-0.4, -0.2) is 9.55 Å². The van der Waals surface area contributed by atoms with E-state index in [1.54, 1.807) is 0 Å². The number of hydrogen-bond acceptors (Lipinski definition) is 4. The topological polar surface area (TPSA) is 33.5 Å². The van der Waals surface area contributed by atoms with Crippen molar-refractivity contribution in [3.63, 3.8) is 0 Å². The quantitative estimate of drug-likeness (QED) is 0.135. The summed E-state index contributed by atoms with van der Waals surface area (Å²) in [6, 6.07) is 80.1. The first-order valence-electron chi connectivity index (χ1n) is 28.4. The molecule has 0 aliphatic carbocycles. The van der Waals surface area contributed by atoms with Gasteiger partial charge in [-0.2, -0.15) is 6.07 Å². The number of anilines is 4. The van der Waals surface area contributed by atoms with Gasteiger partial charge in [-0.1, -0.05) is 234 Å². The molecule has 0 N–H and O–H groups in total. The molecule has 11 aromatic rings. The molecule has 1 aliphatic rings. The van der Waals surface area contributed by atoms with Gasteiger partial charge in [-0.15, -0.1) is 53.6 Å². The normalized spacial score (nSPS) is 12.9. The van der Waals surface area contributed by atoms with Crippen LogP contribution in [0.4, 0.5) is 22.7 Å². The smallest absolute Gasteiger partial charge is 0.135 e. The van der Waals surface area contributed by atoms with E-state index in [-0.39, 0.29) is 42.7 Å². The second-order valence-electron chi connectivity index (χ2n) is 25.9. The average molecular weight is 1250 g/mol. The van der Waals surface area contributed by atoms with Crippen molar-refractivity contribution in [3.05, 3.63) is 247 Å². The number of rotatable bonds is 9. The third-order valence-electron chi connectivity index (χ3n) is 16.0. The maximum atomic E-state index is 7.08. The van der Waals surface area contributed by atoms with Gasteiger partial charge in [0.1, 0.15) is 5.82 Å². The van der Waals surface area contributed by atoms with E-state index in [0.29, 0.717) is 11.5 Å². The van der Waals surface area contributed by atoms with Crippen molar-refractivity contribution in [2.24, 2.45) is 0 Å². The van der Waals surface area contributed by atoms with Gasteiger partial charge in [-0.3, -0.25) is 0 Å². The van der Waals surface area contributed by atoms with Crippen LogP contribution in [0.25, 0.3) is 72.1 Å². The van der Waals surface area contributed by atoms with Gasteiger partial charge >= 0.3 is 0 Å². The molecule has 5 nitrogen and oxygen atoms in total. The number of pyridine rings is 1. The maximum Gasteiger partial charge on any atom is 0.135 e. The summed E-state index contributed by atoms with van der Waals surface area (Å²) in [7, 11) is 0. The van der Waals surface area contributed by atoms with Gasteiger partial charge in [0.25, 0.3) is 0 Å². The molecule has 0 spiro atoms. The number of ether oxygens (including phenoxy) is 1. The first-order chi connectivity index (χ1) is 38.7. The Morgan fingerprint density at radius 3 is 1.65 bits per heavy atom. The first-order valence-corrected chi connectivity index (χ1v) is 28.4. The summed E-state index contributed by atoms with van der Waals surface area (Å²) in [6.45, 7) is 29.5. The van der Waals surface area contributed by atoms with Crippen LogP contribution in [0.1, 0.15) is 105 Å². The maximum absolute atomic E-state index is 7.08. The van der Waals surface area contributed by atoms with Crippen molar-refractivity contribution in [2.45, 2.75) is 105 Å². The van der Waals surface area contributed by atoms with Crippen LogP contribution in [0, 0.1) is 18.8 Å². The summed E-state index contributed by atoms with van der Waals surface area (Å²) in [5.74, 6) is 2.03. The summed E-state index contributed by atoms with van der Waals surface area (Å²) in [4.78, 5) is 9.91. The molecule has 0 atom stereocenters. The molecule has 9 aromatic carbocycles. The zero-order valence-corrected chi connectivity index (χ0v) is 51.5. The second kappa shape index (κ2) is 21.4. The van der Waals surface area contributed by atoms with Crippen LogP contribution >= 0.6 is 0 Å². The van der Waals surface area contributed by atoms with Crippen LogP contribution in [0.3, 0.4) is 0 Å². The predicted molar refractivity (Wildman–Crippen MR) is 341 cm³/mol. The van der Waals surface area contributed by atoms with Gasteiger partial charge in [0, 0.05) is 78.0 Å². The van der Waals surface area contributed by atoms with Crippen molar-refractivity contribution in [2.75, 3.05) is 9.80 Å². The number of fused-ring (bicyclic) bond motifs is 4. The fourth-order valence-electron chi connectivity index (χ4n) is 11.4. The molecular weight excluding hydrogens is 1180 g/mol. The minimum atomic E-state index is -0.225. The van der Waals surface area contributed by atoms with E-state index in [4.69, 9.17) is 9.72 Å². The molecule has 82 heavy (non-hydrogen) atoms. The van der Waals surface area contributed by atoms with Crippen molar-refractivity contribution in [1.82, 2.24) is 9.55 Å². The van der Waals surface area contributed by atoms with Crippen molar-refractivity contribution in [3.8, 4) is 61.8 Å². The second-order valence-corrected chi connectivity index (χ2v) is 25.9. The molecule has 2 aromatic heterocycles. The van der Waals surface area contributed by atoms with Gasteiger partial charge in [0.05, 0.1) is 0 Å². The molecule has 1 aliphatic heterocycles. The molecule has 3 heterocycles. The SMILES string of the molecule is CC(C)(C)c1ccc(-c2cccc(-c3cccc(-c4ccccc4)c3)c2N2[CH-]N(c3[c-]c(Oc4[c-]c5c(cc4)c4cc(C(C)(C)C)ccc4n5-c4cc(C(C)(C)C)c(-c5ccccc5)cn4)cc(C(C)(C)C)c3)c3ccccc32)cc1.[Pt]. The van der Waals surface area contributed by atoms with Crippen LogP contribution in [0.5, 0.6) is 11.5 Å². The van der Waals surface area contributed by atoms with Gasteiger partial charge in [0.2, 0.25) is 0 Å². The summed E-state index contributed by atoms with van der Waals surface area (Å²) < 4.78 is 9.34. The average Bonchev–Trinajstić information content (AvgIpc) is 4.22. The molecule has 0 fully saturated rings. The van der Waals surface area contributed by atoms with Crippen LogP contribution in [0.15, 0.2) is 206 Å². The Balaban J connectivity index is 0.00000705. The van der Waals surface area contributed by atoms with Crippen LogP contribution in [-0.2, 0) is 42.7 Å². The fraction of sp³-hybridized carbons (Fsp3) is 0.211. The number of nitrogens with zero attached hydrogens (tertiary/aromatic N) is 4. The summed E-state index contributed by atoms with van der Waals surface area (Å²) in [5.41, 5.74) is 19.7. The number of para-hydroxylation sites is 3. The summed E-state index contributed by atoms with van der Waals surface area (Å²) >= 11 is 0. The molecule has 414 valence electrons. The number of benzene rings is 9. The summed E-state index contributed by atoms with van der Waals surface area (Å²) in [5, 5.41) is 2.24. The third kappa shape index (κ3) is 10.7. The van der Waals surface area contributed by atoms with Gasteiger partial charge < -0.3 is 19.1 Å². The minimum absolute atomic E-state index is 0. The number of aromatic nitrogens is 2. The molecule has 6 heteroatoms. The van der Waals surface area contributed by atoms with Crippen LogP contribution < -0.4 is 14.5 Å². The van der Waals surface area contributed by atoms with Gasteiger partial charge in [0.15, 0.2) is 0 Å². The Hall–Kier alpha value is -7.98. The van der Waals surface area contributed by atoms with E-state index in [2.05, 4.69) is 316 Å². The van der Waals surface area contributed by atoms with Crippen LogP contribution in [0.2, 0.25) is 0 Å². The minimum Gasteiger partial charge on any atom is -0.509 e. The Morgan fingerprint density at radius 1 is 0.415 bits per heavy atom. The zero-order valence-electron chi connectivity index (χ0n) is 49.2. The van der Waals surface area contributed by atoms with E-state index >= 15 is 0 Å². The Kier molecular flexibility index (Phi) is 14.6. The molecular formula is C76H71N4OPt-3. The molecule has 0 amide bonds. The third-order valence-corrected chi connectivity index (χ3v) is 16.0. The number of hydrogen-bond donors (Lipinski definition) is 0. The monoisotopic (exact) mass is 1250 g/mol. The molecule has 0 saturated carbocycles. The first kappa shape index (κ1) is 55.9. The molecule has 0 radical (unpaired) electrons. The van der Waals surface area contributed by atoms with Gasteiger partial charge in [-0.05, 0) is 102 Å². The Bertz CT molecular complexity index is 4150. The predicted octanol–water partition coefficient (Wildman–Crippen LogP) is 20.8. The van der Waals surface area contributed by atoms with Crippen molar-refractivity contribution >= 4 is 44.6 Å². The van der Waals surface area contributed by atoms with Crippen molar-refractivity contribution < 1.29 is 25.8 Å². The van der Waals surface area contributed by atoms with E-state index in [1.807, 2.05) is 6.20 Å².